The molecule has 0 bridgehead atoms. The molecule has 0 aliphatic heterocycles. The second kappa shape index (κ2) is 4.30. The van der Waals surface area contributed by atoms with Gasteiger partial charge in [0.25, 0.3) is 0 Å². The van der Waals surface area contributed by atoms with E-state index in [4.69, 9.17) is 5.73 Å². The van der Waals surface area contributed by atoms with Gasteiger partial charge in [0.05, 0.1) is 6.54 Å². The number of nitrogens with two attached hydrogens (primary N) is 1. The molecule has 0 aliphatic carbocycles. The number of hydrogen-bond donors (Lipinski definition) is 1. The number of benzene rings is 1. The highest BCUT2D eigenvalue weighted by molar-refractivity contribution is 5.39. The van der Waals surface area contributed by atoms with E-state index in [0.29, 0.717) is 12.5 Å². The number of anilines is 1. The molecule has 0 spiro atoms. The predicted octanol–water partition coefficient (Wildman–Crippen LogP) is 1.43. The van der Waals surface area contributed by atoms with E-state index in [1.165, 1.54) is 0 Å². The molecule has 5 heteroatoms. The molecule has 0 fully saturated rings. The fourth-order valence-corrected chi connectivity index (χ4v) is 1.53. The SMILES string of the molecule is CC(C)c1nnnn1Cc1ccc(N)cc1. The Hall–Kier alpha value is -1.91. The van der Waals surface area contributed by atoms with E-state index in [9.17, 15) is 0 Å². The van der Waals surface area contributed by atoms with E-state index < -0.39 is 0 Å². The van der Waals surface area contributed by atoms with Crippen molar-refractivity contribution in [3.63, 3.8) is 0 Å². The van der Waals surface area contributed by atoms with Crippen molar-refractivity contribution in [3.05, 3.63) is 35.7 Å². The Morgan fingerprint density at radius 2 is 1.94 bits per heavy atom. The van der Waals surface area contributed by atoms with Crippen LogP contribution in [0, 0.1) is 0 Å². The molecule has 16 heavy (non-hydrogen) atoms. The number of nitrogens with zero attached hydrogens (tertiary/aromatic N) is 4. The maximum atomic E-state index is 5.63. The lowest BCUT2D eigenvalue weighted by atomic mass is 10.2. The lowest BCUT2D eigenvalue weighted by Crippen LogP contribution is -2.08. The number of tetrazole rings is 1. The van der Waals surface area contributed by atoms with Gasteiger partial charge in [-0.3, -0.25) is 0 Å². The van der Waals surface area contributed by atoms with E-state index >= 15 is 0 Å². The molecule has 2 rings (SSSR count). The number of hydrogen-bond acceptors (Lipinski definition) is 4. The van der Waals surface area contributed by atoms with Crippen molar-refractivity contribution in [2.45, 2.75) is 26.3 Å². The van der Waals surface area contributed by atoms with E-state index in [0.717, 1.165) is 17.1 Å². The van der Waals surface area contributed by atoms with Crippen molar-refractivity contribution in [2.75, 3.05) is 5.73 Å². The third-order valence-corrected chi connectivity index (χ3v) is 2.39. The second-order valence-electron chi connectivity index (χ2n) is 4.09. The maximum Gasteiger partial charge on any atom is 0.154 e. The third kappa shape index (κ3) is 2.18. The Labute approximate surface area is 94.3 Å². The van der Waals surface area contributed by atoms with Gasteiger partial charge >= 0.3 is 0 Å². The van der Waals surface area contributed by atoms with Crippen molar-refractivity contribution in [2.24, 2.45) is 0 Å². The molecule has 0 radical (unpaired) electrons. The first kappa shape index (κ1) is 10.6. The molecule has 0 unspecified atom stereocenters. The molecule has 1 aromatic carbocycles. The minimum absolute atomic E-state index is 0.323. The number of nitrogen functional groups attached to an aromatic ring is 1. The van der Waals surface area contributed by atoms with Crippen LogP contribution in [0.5, 0.6) is 0 Å². The Kier molecular flexibility index (Phi) is 2.85. The molecule has 0 aliphatic rings. The molecule has 0 saturated heterocycles. The van der Waals surface area contributed by atoms with Gasteiger partial charge in [0, 0.05) is 11.6 Å². The highest BCUT2D eigenvalue weighted by Crippen LogP contribution is 2.12. The summed E-state index contributed by atoms with van der Waals surface area (Å²) in [5, 5.41) is 11.7. The first-order chi connectivity index (χ1) is 7.66. The summed E-state index contributed by atoms with van der Waals surface area (Å²) in [4.78, 5) is 0. The molecule has 2 aromatic rings. The molecular formula is C11H15N5. The first-order valence-electron chi connectivity index (χ1n) is 5.27. The van der Waals surface area contributed by atoms with E-state index in [2.05, 4.69) is 29.4 Å². The molecular weight excluding hydrogens is 202 g/mol. The smallest absolute Gasteiger partial charge is 0.154 e. The van der Waals surface area contributed by atoms with Gasteiger partial charge in [-0.05, 0) is 28.1 Å². The zero-order valence-corrected chi connectivity index (χ0v) is 9.46. The van der Waals surface area contributed by atoms with Crippen LogP contribution < -0.4 is 5.73 Å². The fraction of sp³-hybridized carbons (Fsp3) is 0.364. The lowest BCUT2D eigenvalue weighted by molar-refractivity contribution is 0.596. The number of rotatable bonds is 3. The van der Waals surface area contributed by atoms with Gasteiger partial charge in [0.15, 0.2) is 5.82 Å². The molecule has 1 aromatic heterocycles. The summed E-state index contributed by atoms with van der Waals surface area (Å²) >= 11 is 0. The van der Waals surface area contributed by atoms with Crippen molar-refractivity contribution in [3.8, 4) is 0 Å². The van der Waals surface area contributed by atoms with E-state index in [-0.39, 0.29) is 0 Å². The van der Waals surface area contributed by atoms with Gasteiger partial charge in [-0.1, -0.05) is 26.0 Å². The van der Waals surface area contributed by atoms with Gasteiger partial charge in [0.1, 0.15) is 0 Å². The van der Waals surface area contributed by atoms with E-state index in [1.54, 1.807) is 0 Å². The molecule has 5 nitrogen and oxygen atoms in total. The Balaban J connectivity index is 2.20. The highest BCUT2D eigenvalue weighted by Gasteiger charge is 2.09. The molecule has 84 valence electrons. The van der Waals surface area contributed by atoms with Gasteiger partial charge < -0.3 is 5.73 Å². The summed E-state index contributed by atoms with van der Waals surface area (Å²) in [6.45, 7) is 4.83. The maximum absolute atomic E-state index is 5.63. The zero-order chi connectivity index (χ0) is 11.5. The Bertz CT molecular complexity index is 457. The average Bonchev–Trinajstić information content (AvgIpc) is 2.69. The van der Waals surface area contributed by atoms with Crippen LogP contribution in [-0.2, 0) is 6.54 Å². The fourth-order valence-electron chi connectivity index (χ4n) is 1.53. The van der Waals surface area contributed by atoms with Crippen LogP contribution in [0.1, 0.15) is 31.2 Å². The van der Waals surface area contributed by atoms with Crippen LogP contribution in [0.25, 0.3) is 0 Å². The van der Waals surface area contributed by atoms with Crippen molar-refractivity contribution in [1.82, 2.24) is 20.2 Å². The largest absolute Gasteiger partial charge is 0.399 e. The highest BCUT2D eigenvalue weighted by atomic mass is 15.5. The monoisotopic (exact) mass is 217 g/mol. The van der Waals surface area contributed by atoms with Crippen LogP contribution in [0.2, 0.25) is 0 Å². The minimum Gasteiger partial charge on any atom is -0.399 e. The Morgan fingerprint density at radius 1 is 1.25 bits per heavy atom. The third-order valence-electron chi connectivity index (χ3n) is 2.39. The Morgan fingerprint density at radius 3 is 2.56 bits per heavy atom. The predicted molar refractivity (Wildman–Crippen MR) is 61.9 cm³/mol. The van der Waals surface area contributed by atoms with Crippen molar-refractivity contribution in [1.29, 1.82) is 0 Å². The lowest BCUT2D eigenvalue weighted by Gasteiger charge is -2.06. The van der Waals surface area contributed by atoms with Crippen LogP contribution in [-0.4, -0.2) is 20.2 Å². The van der Waals surface area contributed by atoms with Crippen LogP contribution in [0.4, 0.5) is 5.69 Å². The molecule has 0 atom stereocenters. The normalized spacial score (nSPS) is 10.9. The topological polar surface area (TPSA) is 69.6 Å². The van der Waals surface area contributed by atoms with Gasteiger partial charge in [-0.15, -0.1) is 5.10 Å². The summed E-state index contributed by atoms with van der Waals surface area (Å²) in [6.07, 6.45) is 0. The summed E-state index contributed by atoms with van der Waals surface area (Å²) in [6, 6.07) is 7.74. The number of aromatic nitrogens is 4. The molecule has 0 amide bonds. The summed E-state index contributed by atoms with van der Waals surface area (Å²) in [7, 11) is 0. The second-order valence-corrected chi connectivity index (χ2v) is 4.09. The van der Waals surface area contributed by atoms with Crippen LogP contribution in [0.15, 0.2) is 24.3 Å². The quantitative estimate of drug-likeness (QED) is 0.789. The van der Waals surface area contributed by atoms with Crippen LogP contribution in [0.3, 0.4) is 0 Å². The van der Waals surface area contributed by atoms with Gasteiger partial charge in [-0.2, -0.15) is 0 Å². The first-order valence-corrected chi connectivity index (χ1v) is 5.27. The molecule has 0 saturated carbocycles. The summed E-state index contributed by atoms with van der Waals surface area (Å²) in [5.74, 6) is 1.22. The van der Waals surface area contributed by atoms with Crippen LogP contribution >= 0.6 is 0 Å². The van der Waals surface area contributed by atoms with Gasteiger partial charge in [-0.25, -0.2) is 4.68 Å². The van der Waals surface area contributed by atoms with Crippen molar-refractivity contribution >= 4 is 5.69 Å². The zero-order valence-electron chi connectivity index (χ0n) is 9.46. The van der Waals surface area contributed by atoms with E-state index in [1.807, 2.05) is 28.9 Å². The summed E-state index contributed by atoms with van der Waals surface area (Å²) in [5.41, 5.74) is 7.54. The molecule has 1 heterocycles. The van der Waals surface area contributed by atoms with Crippen molar-refractivity contribution < 1.29 is 0 Å². The minimum atomic E-state index is 0.323. The molecule has 2 N–H and O–H groups in total. The van der Waals surface area contributed by atoms with Gasteiger partial charge in [0.2, 0.25) is 0 Å². The standard InChI is InChI=1S/C11H15N5/c1-8(2)11-13-14-15-16(11)7-9-3-5-10(12)6-4-9/h3-6,8H,7,12H2,1-2H3. The summed E-state index contributed by atoms with van der Waals surface area (Å²) < 4.78 is 1.82. The average molecular weight is 217 g/mol.